The number of nitrogens with zero attached hydrogens (tertiary/aromatic N) is 1. The molecule has 1 saturated heterocycles. The summed E-state index contributed by atoms with van der Waals surface area (Å²) in [7, 11) is 2.19. The van der Waals surface area contributed by atoms with Crippen LogP contribution >= 0.6 is 0 Å². The number of likely N-dealkylation sites (N-methyl/N-ethyl adjacent to an activating group) is 1. The van der Waals surface area contributed by atoms with Crippen LogP contribution in [0, 0.1) is 5.92 Å². The van der Waals surface area contributed by atoms with Gasteiger partial charge in [0, 0.05) is 30.6 Å². The molecule has 0 bridgehead atoms. The van der Waals surface area contributed by atoms with Gasteiger partial charge < -0.3 is 16.0 Å². The van der Waals surface area contributed by atoms with Gasteiger partial charge in [0.25, 0.3) is 0 Å². The molecule has 2 rings (SSSR count). The molecule has 0 aromatic rings. The van der Waals surface area contributed by atoms with Crippen molar-refractivity contribution in [1.82, 2.24) is 10.2 Å². The molecule has 2 aliphatic rings. The van der Waals surface area contributed by atoms with Gasteiger partial charge >= 0.3 is 0 Å². The summed E-state index contributed by atoms with van der Waals surface area (Å²) in [5.74, 6) is 0.0101. The molecule has 2 fully saturated rings. The van der Waals surface area contributed by atoms with Crippen molar-refractivity contribution >= 4 is 5.91 Å². The number of hydrogen-bond donors (Lipinski definition) is 2. The molecular weight excluding hydrogens is 214 g/mol. The molecule has 4 nitrogen and oxygen atoms in total. The zero-order valence-corrected chi connectivity index (χ0v) is 11.0. The Morgan fingerprint density at radius 2 is 1.88 bits per heavy atom. The van der Waals surface area contributed by atoms with Gasteiger partial charge in [0.2, 0.25) is 5.91 Å². The minimum absolute atomic E-state index is 0.113. The first kappa shape index (κ1) is 12.8. The Morgan fingerprint density at radius 1 is 1.24 bits per heavy atom. The summed E-state index contributed by atoms with van der Waals surface area (Å²) in [5, 5.41) is 3.74. The number of amides is 1. The lowest BCUT2D eigenvalue weighted by atomic mass is 9.85. The highest BCUT2D eigenvalue weighted by Crippen LogP contribution is 2.25. The number of hydrogen-bond acceptors (Lipinski definition) is 3. The van der Waals surface area contributed by atoms with Gasteiger partial charge in [-0.3, -0.25) is 4.79 Å². The Kier molecular flexibility index (Phi) is 4.05. The fourth-order valence-electron chi connectivity index (χ4n) is 3.19. The third-order valence-electron chi connectivity index (χ3n) is 4.49. The number of rotatable bonds is 3. The first-order valence-electron chi connectivity index (χ1n) is 6.82. The number of nitrogens with two attached hydrogens (primary N) is 1. The van der Waals surface area contributed by atoms with Gasteiger partial charge in [-0.05, 0) is 46.1 Å². The highest BCUT2D eigenvalue weighted by molar-refractivity contribution is 5.76. The molecule has 1 aliphatic heterocycles. The summed E-state index contributed by atoms with van der Waals surface area (Å²) < 4.78 is 0. The lowest BCUT2D eigenvalue weighted by Gasteiger charge is -2.29. The average molecular weight is 239 g/mol. The summed E-state index contributed by atoms with van der Waals surface area (Å²) in [5.41, 5.74) is 5.35. The lowest BCUT2D eigenvalue weighted by molar-refractivity contribution is -0.122. The van der Waals surface area contributed by atoms with E-state index in [4.69, 9.17) is 5.73 Å². The van der Waals surface area contributed by atoms with Crippen molar-refractivity contribution in [2.24, 2.45) is 11.7 Å². The second kappa shape index (κ2) is 5.36. The molecule has 4 heteroatoms. The largest absolute Gasteiger partial charge is 0.369 e. The quantitative estimate of drug-likeness (QED) is 0.762. The van der Waals surface area contributed by atoms with Crippen LogP contribution in [0.4, 0.5) is 0 Å². The van der Waals surface area contributed by atoms with Crippen LogP contribution in [0.15, 0.2) is 0 Å². The average Bonchev–Trinajstić information content (AvgIpc) is 2.58. The van der Waals surface area contributed by atoms with Crippen molar-refractivity contribution in [2.45, 2.75) is 57.2 Å². The number of likely N-dealkylation sites (tertiary alicyclic amines) is 1. The topological polar surface area (TPSA) is 58.4 Å². The number of primary amides is 1. The van der Waals surface area contributed by atoms with E-state index in [9.17, 15) is 4.79 Å². The Hall–Kier alpha value is -0.610. The Bertz CT molecular complexity index is 264. The van der Waals surface area contributed by atoms with E-state index in [2.05, 4.69) is 24.2 Å². The third kappa shape index (κ3) is 3.19. The van der Waals surface area contributed by atoms with Gasteiger partial charge in [-0.15, -0.1) is 0 Å². The number of nitrogens with one attached hydrogen (secondary N) is 1. The normalized spacial score (nSPS) is 39.4. The second-order valence-corrected chi connectivity index (χ2v) is 5.84. The van der Waals surface area contributed by atoms with E-state index in [0.29, 0.717) is 18.1 Å². The molecule has 1 saturated carbocycles. The molecule has 2 unspecified atom stereocenters. The standard InChI is InChI=1S/C13H25N3O/c1-9-7-12(8-16(9)2)15-11-5-3-10(4-6-11)13(14)17/h9-12,15H,3-8H2,1-2H3,(H2,14,17). The molecule has 1 amide bonds. The van der Waals surface area contributed by atoms with Crippen LogP contribution in [-0.4, -0.2) is 42.5 Å². The van der Waals surface area contributed by atoms with E-state index in [1.54, 1.807) is 0 Å². The van der Waals surface area contributed by atoms with E-state index < -0.39 is 0 Å². The SMILES string of the molecule is CC1CC(NC2CCC(C(N)=O)CC2)CN1C. The van der Waals surface area contributed by atoms with Crippen LogP contribution in [-0.2, 0) is 4.79 Å². The van der Waals surface area contributed by atoms with Gasteiger partial charge in [0.15, 0.2) is 0 Å². The summed E-state index contributed by atoms with van der Waals surface area (Å²) in [4.78, 5) is 13.5. The van der Waals surface area contributed by atoms with Crippen molar-refractivity contribution < 1.29 is 4.79 Å². The summed E-state index contributed by atoms with van der Waals surface area (Å²) in [6.45, 7) is 3.43. The molecule has 98 valence electrons. The van der Waals surface area contributed by atoms with Crippen molar-refractivity contribution in [3.63, 3.8) is 0 Å². The van der Waals surface area contributed by atoms with Crippen molar-refractivity contribution in [3.05, 3.63) is 0 Å². The van der Waals surface area contributed by atoms with Crippen LogP contribution in [0.2, 0.25) is 0 Å². The van der Waals surface area contributed by atoms with Gasteiger partial charge in [-0.2, -0.15) is 0 Å². The van der Waals surface area contributed by atoms with E-state index >= 15 is 0 Å². The second-order valence-electron chi connectivity index (χ2n) is 5.84. The van der Waals surface area contributed by atoms with Crippen molar-refractivity contribution in [1.29, 1.82) is 0 Å². The summed E-state index contributed by atoms with van der Waals surface area (Å²) in [6, 6.07) is 1.91. The highest BCUT2D eigenvalue weighted by atomic mass is 16.1. The van der Waals surface area contributed by atoms with Crippen LogP contribution in [0.25, 0.3) is 0 Å². The fourth-order valence-corrected chi connectivity index (χ4v) is 3.19. The smallest absolute Gasteiger partial charge is 0.220 e. The highest BCUT2D eigenvalue weighted by Gasteiger charge is 2.30. The van der Waals surface area contributed by atoms with E-state index in [1.807, 2.05) is 0 Å². The minimum atomic E-state index is -0.113. The Morgan fingerprint density at radius 3 is 2.35 bits per heavy atom. The molecule has 17 heavy (non-hydrogen) atoms. The maximum Gasteiger partial charge on any atom is 0.220 e. The molecule has 2 atom stereocenters. The first-order valence-corrected chi connectivity index (χ1v) is 6.82. The molecule has 0 radical (unpaired) electrons. The molecule has 1 aliphatic carbocycles. The third-order valence-corrected chi connectivity index (χ3v) is 4.49. The summed E-state index contributed by atoms with van der Waals surface area (Å²) in [6.07, 6.45) is 5.37. The first-order chi connectivity index (χ1) is 8.06. The van der Waals surface area contributed by atoms with Crippen LogP contribution < -0.4 is 11.1 Å². The van der Waals surface area contributed by atoms with Crippen LogP contribution in [0.1, 0.15) is 39.0 Å². The predicted molar refractivity (Wildman–Crippen MR) is 68.6 cm³/mol. The van der Waals surface area contributed by atoms with Gasteiger partial charge in [-0.25, -0.2) is 0 Å². The zero-order valence-electron chi connectivity index (χ0n) is 11.0. The monoisotopic (exact) mass is 239 g/mol. The van der Waals surface area contributed by atoms with Gasteiger partial charge in [0.05, 0.1) is 0 Å². The Balaban J connectivity index is 1.73. The minimum Gasteiger partial charge on any atom is -0.369 e. The van der Waals surface area contributed by atoms with Gasteiger partial charge in [-0.1, -0.05) is 0 Å². The van der Waals surface area contributed by atoms with Crippen LogP contribution in [0.5, 0.6) is 0 Å². The Labute approximate surface area is 104 Å². The maximum atomic E-state index is 11.1. The predicted octanol–water partition coefficient (Wildman–Crippen LogP) is 0.713. The molecule has 0 aromatic heterocycles. The maximum absolute atomic E-state index is 11.1. The van der Waals surface area contributed by atoms with E-state index in [0.717, 1.165) is 32.2 Å². The van der Waals surface area contributed by atoms with Gasteiger partial charge in [0.1, 0.15) is 0 Å². The number of carbonyl (C=O) groups excluding carboxylic acids is 1. The molecule has 3 N–H and O–H groups in total. The lowest BCUT2D eigenvalue weighted by Crippen LogP contribution is -2.43. The van der Waals surface area contributed by atoms with E-state index in [1.165, 1.54) is 6.42 Å². The molecule has 0 aromatic carbocycles. The number of carbonyl (C=O) groups is 1. The molecule has 1 heterocycles. The molecular formula is C13H25N3O. The van der Waals surface area contributed by atoms with Crippen molar-refractivity contribution in [2.75, 3.05) is 13.6 Å². The fraction of sp³-hybridized carbons (Fsp3) is 0.923. The summed E-state index contributed by atoms with van der Waals surface area (Å²) >= 11 is 0. The molecule has 0 spiro atoms. The zero-order chi connectivity index (χ0) is 12.4. The van der Waals surface area contributed by atoms with E-state index in [-0.39, 0.29) is 11.8 Å². The van der Waals surface area contributed by atoms with Crippen molar-refractivity contribution in [3.8, 4) is 0 Å². The van der Waals surface area contributed by atoms with Crippen LogP contribution in [0.3, 0.4) is 0 Å².